The molecule has 0 fully saturated rings. The number of aromatic nitrogens is 2. The van der Waals surface area contributed by atoms with Gasteiger partial charge in [0.05, 0.1) is 12.4 Å². The second-order valence-electron chi connectivity index (χ2n) is 3.61. The van der Waals surface area contributed by atoms with Crippen molar-refractivity contribution in [3.05, 3.63) is 42.2 Å². The lowest BCUT2D eigenvalue weighted by molar-refractivity contribution is 0.299. The maximum atomic E-state index is 8.81. The number of nitrogen functional groups attached to an aromatic ring is 1. The van der Waals surface area contributed by atoms with Crippen molar-refractivity contribution < 1.29 is 9.84 Å². The van der Waals surface area contributed by atoms with Crippen molar-refractivity contribution >= 4 is 5.82 Å². The van der Waals surface area contributed by atoms with Crippen molar-refractivity contribution in [2.45, 2.75) is 6.42 Å². The number of ether oxygens (including phenoxy) is 1. The largest absolute Gasteiger partial charge is 0.437 e. The van der Waals surface area contributed by atoms with Crippen molar-refractivity contribution in [2.75, 3.05) is 12.0 Å². The summed E-state index contributed by atoms with van der Waals surface area (Å²) in [5, 5.41) is 8.81. The second-order valence-corrected chi connectivity index (χ2v) is 3.61. The molecule has 2 aromatic rings. The minimum Gasteiger partial charge on any atom is -0.437 e. The molecule has 4 N–H and O–H groups in total. The number of nitrogens with two attached hydrogens (primary N) is 1. The molecule has 2 rings (SSSR count). The molecule has 94 valence electrons. The van der Waals surface area contributed by atoms with Gasteiger partial charge in [-0.3, -0.25) is 4.98 Å². The van der Waals surface area contributed by atoms with Gasteiger partial charge in [0.1, 0.15) is 5.75 Å². The highest BCUT2D eigenvalue weighted by Crippen LogP contribution is 2.20. The summed E-state index contributed by atoms with van der Waals surface area (Å²) in [6.07, 6.45) is 3.63. The molecule has 0 spiro atoms. The van der Waals surface area contributed by atoms with Crippen LogP contribution >= 0.6 is 0 Å². The second kappa shape index (κ2) is 5.95. The fourth-order valence-electron chi connectivity index (χ4n) is 1.44. The maximum Gasteiger partial charge on any atom is 0.239 e. The number of benzene rings is 1. The smallest absolute Gasteiger partial charge is 0.239 e. The molecule has 0 saturated heterocycles. The molecule has 6 heteroatoms. The minimum atomic E-state index is 0.135. The summed E-state index contributed by atoms with van der Waals surface area (Å²) in [6.45, 7) is 0.135. The van der Waals surface area contributed by atoms with E-state index >= 15 is 0 Å². The van der Waals surface area contributed by atoms with E-state index in [2.05, 4.69) is 15.4 Å². The van der Waals surface area contributed by atoms with E-state index in [1.54, 1.807) is 0 Å². The van der Waals surface area contributed by atoms with Crippen molar-refractivity contribution in [3.8, 4) is 11.6 Å². The molecule has 0 bridgehead atoms. The molecule has 0 saturated carbocycles. The van der Waals surface area contributed by atoms with Crippen LogP contribution in [0.2, 0.25) is 0 Å². The molecule has 1 aromatic carbocycles. The van der Waals surface area contributed by atoms with Crippen LogP contribution in [0, 0.1) is 0 Å². The van der Waals surface area contributed by atoms with Crippen LogP contribution < -0.4 is 16.0 Å². The van der Waals surface area contributed by atoms with Crippen molar-refractivity contribution in [1.29, 1.82) is 0 Å². The topological polar surface area (TPSA) is 93.3 Å². The van der Waals surface area contributed by atoms with E-state index in [0.717, 1.165) is 5.56 Å². The molecule has 1 heterocycles. The van der Waals surface area contributed by atoms with Crippen molar-refractivity contribution in [3.63, 3.8) is 0 Å². The SMILES string of the molecule is NNc1cncc(Oc2ccc(CCO)cc2)n1. The Bertz CT molecular complexity index is 502. The Balaban J connectivity index is 2.08. The zero-order valence-corrected chi connectivity index (χ0v) is 9.71. The summed E-state index contributed by atoms with van der Waals surface area (Å²) in [7, 11) is 0. The quantitative estimate of drug-likeness (QED) is 0.540. The third-order valence-electron chi connectivity index (χ3n) is 2.31. The van der Waals surface area contributed by atoms with Gasteiger partial charge < -0.3 is 15.3 Å². The molecule has 1 aromatic heterocycles. The van der Waals surface area contributed by atoms with E-state index in [1.165, 1.54) is 12.4 Å². The van der Waals surface area contributed by atoms with Crippen LogP contribution in [0.25, 0.3) is 0 Å². The van der Waals surface area contributed by atoms with Gasteiger partial charge in [-0.2, -0.15) is 4.98 Å². The third kappa shape index (κ3) is 3.16. The molecule has 0 aliphatic heterocycles. The lowest BCUT2D eigenvalue weighted by Crippen LogP contribution is -2.08. The van der Waals surface area contributed by atoms with E-state index in [0.29, 0.717) is 23.9 Å². The average molecular weight is 246 g/mol. The zero-order chi connectivity index (χ0) is 12.8. The Hall–Kier alpha value is -2.18. The lowest BCUT2D eigenvalue weighted by atomic mass is 10.1. The van der Waals surface area contributed by atoms with Crippen LogP contribution in [0.4, 0.5) is 5.82 Å². The predicted octanol–water partition coefficient (Wildman–Crippen LogP) is 1.09. The number of nitrogens with zero attached hydrogens (tertiary/aromatic N) is 2. The van der Waals surface area contributed by atoms with Gasteiger partial charge in [0.15, 0.2) is 5.82 Å². The molecule has 6 nitrogen and oxygen atoms in total. The number of rotatable bonds is 5. The van der Waals surface area contributed by atoms with Gasteiger partial charge in [-0.05, 0) is 24.1 Å². The van der Waals surface area contributed by atoms with E-state index in [-0.39, 0.29) is 6.61 Å². The summed E-state index contributed by atoms with van der Waals surface area (Å²) < 4.78 is 5.52. The predicted molar refractivity (Wildman–Crippen MR) is 67.1 cm³/mol. The van der Waals surface area contributed by atoms with E-state index in [1.807, 2.05) is 24.3 Å². The number of anilines is 1. The fraction of sp³-hybridized carbons (Fsp3) is 0.167. The molecule has 0 aliphatic carbocycles. The normalized spacial score (nSPS) is 10.1. The lowest BCUT2D eigenvalue weighted by Gasteiger charge is -2.06. The molecule has 18 heavy (non-hydrogen) atoms. The first-order chi connectivity index (χ1) is 8.81. The molecular formula is C12H14N4O2. The standard InChI is InChI=1S/C12H14N4O2/c13-16-11-7-14-8-12(15-11)18-10-3-1-9(2-4-10)5-6-17/h1-4,7-8,17H,5-6,13H2,(H,15,16). The Morgan fingerprint density at radius 2 is 2.00 bits per heavy atom. The first-order valence-corrected chi connectivity index (χ1v) is 5.48. The summed E-state index contributed by atoms with van der Waals surface area (Å²) in [6, 6.07) is 7.42. The molecule has 0 atom stereocenters. The average Bonchev–Trinajstić information content (AvgIpc) is 2.42. The van der Waals surface area contributed by atoms with Crippen LogP contribution in [-0.4, -0.2) is 21.7 Å². The number of aliphatic hydroxyl groups excluding tert-OH is 1. The summed E-state index contributed by atoms with van der Waals surface area (Å²) >= 11 is 0. The Morgan fingerprint density at radius 1 is 1.22 bits per heavy atom. The van der Waals surface area contributed by atoms with Crippen LogP contribution in [0.3, 0.4) is 0 Å². The van der Waals surface area contributed by atoms with Crippen LogP contribution in [0.5, 0.6) is 11.6 Å². The van der Waals surface area contributed by atoms with Gasteiger partial charge in [-0.1, -0.05) is 12.1 Å². The maximum absolute atomic E-state index is 8.81. The monoisotopic (exact) mass is 246 g/mol. The first kappa shape index (κ1) is 12.3. The van der Waals surface area contributed by atoms with Gasteiger partial charge in [-0.15, -0.1) is 0 Å². The van der Waals surface area contributed by atoms with E-state index in [4.69, 9.17) is 15.7 Å². The molecule has 0 radical (unpaired) electrons. The highest BCUT2D eigenvalue weighted by molar-refractivity contribution is 5.34. The van der Waals surface area contributed by atoms with Gasteiger partial charge in [-0.25, -0.2) is 5.84 Å². The number of aliphatic hydroxyl groups is 1. The third-order valence-corrected chi connectivity index (χ3v) is 2.31. The molecule has 0 amide bonds. The summed E-state index contributed by atoms with van der Waals surface area (Å²) in [5.74, 6) is 6.68. The van der Waals surface area contributed by atoms with Crippen molar-refractivity contribution in [1.82, 2.24) is 9.97 Å². The minimum absolute atomic E-state index is 0.135. The van der Waals surface area contributed by atoms with Gasteiger partial charge in [0.25, 0.3) is 0 Å². The van der Waals surface area contributed by atoms with Crippen LogP contribution in [-0.2, 0) is 6.42 Å². The van der Waals surface area contributed by atoms with Crippen LogP contribution in [0.15, 0.2) is 36.7 Å². The number of hydrogen-bond donors (Lipinski definition) is 3. The van der Waals surface area contributed by atoms with Gasteiger partial charge >= 0.3 is 0 Å². The highest BCUT2D eigenvalue weighted by Gasteiger charge is 2.01. The van der Waals surface area contributed by atoms with E-state index in [9.17, 15) is 0 Å². The summed E-state index contributed by atoms with van der Waals surface area (Å²) in [4.78, 5) is 8.02. The molecular weight excluding hydrogens is 232 g/mol. The Morgan fingerprint density at radius 3 is 2.67 bits per heavy atom. The van der Waals surface area contributed by atoms with Crippen LogP contribution in [0.1, 0.15) is 5.56 Å². The number of hydrogen-bond acceptors (Lipinski definition) is 6. The number of nitrogens with one attached hydrogen (secondary N) is 1. The fourth-order valence-corrected chi connectivity index (χ4v) is 1.44. The Labute approximate surface area is 104 Å². The van der Waals surface area contributed by atoms with E-state index < -0.39 is 0 Å². The Kier molecular flexibility index (Phi) is 4.06. The molecule has 0 unspecified atom stereocenters. The van der Waals surface area contributed by atoms with Crippen molar-refractivity contribution in [2.24, 2.45) is 5.84 Å². The summed E-state index contributed by atoms with van der Waals surface area (Å²) in [5.41, 5.74) is 3.45. The molecule has 0 aliphatic rings. The zero-order valence-electron chi connectivity index (χ0n) is 9.71. The first-order valence-electron chi connectivity index (χ1n) is 5.48. The highest BCUT2D eigenvalue weighted by atomic mass is 16.5. The van der Waals surface area contributed by atoms with Gasteiger partial charge in [0, 0.05) is 6.61 Å². The number of hydrazine groups is 1. The van der Waals surface area contributed by atoms with Gasteiger partial charge in [0.2, 0.25) is 5.88 Å².